The molecule has 1 rings (SSSR count). The maximum absolute atomic E-state index is 12.4. The number of hydrogen-bond donors (Lipinski definition) is 1. The Kier molecular flexibility index (Phi) is 7.09. The molecule has 0 aromatic carbocycles. The lowest BCUT2D eigenvalue weighted by molar-refractivity contribution is -0.138. The SMILES string of the molecule is CCC(C)CS(=O)(=O)N1CCCC(N(C)CC(=O)O)CC1. The van der Waals surface area contributed by atoms with Crippen LogP contribution in [-0.4, -0.2) is 67.2 Å². The number of hydrogen-bond acceptors (Lipinski definition) is 4. The third kappa shape index (κ3) is 5.92. The molecule has 2 atom stereocenters. The van der Waals surface area contributed by atoms with Gasteiger partial charge in [-0.1, -0.05) is 20.3 Å². The zero-order chi connectivity index (χ0) is 16.0. The maximum Gasteiger partial charge on any atom is 0.317 e. The molecule has 0 radical (unpaired) electrons. The molecule has 1 fully saturated rings. The van der Waals surface area contributed by atoms with E-state index in [1.165, 1.54) is 0 Å². The Morgan fingerprint density at radius 1 is 1.38 bits per heavy atom. The van der Waals surface area contributed by atoms with Crippen LogP contribution in [0.4, 0.5) is 0 Å². The molecule has 2 unspecified atom stereocenters. The predicted octanol–water partition coefficient (Wildman–Crippen LogP) is 1.23. The van der Waals surface area contributed by atoms with Crippen LogP contribution in [0.5, 0.6) is 0 Å². The van der Waals surface area contributed by atoms with Crippen LogP contribution in [0.3, 0.4) is 0 Å². The fraction of sp³-hybridized carbons (Fsp3) is 0.929. The van der Waals surface area contributed by atoms with E-state index in [1.54, 1.807) is 11.4 Å². The minimum Gasteiger partial charge on any atom is -0.480 e. The average Bonchev–Trinajstić information content (AvgIpc) is 2.63. The third-order valence-electron chi connectivity index (χ3n) is 4.25. The summed E-state index contributed by atoms with van der Waals surface area (Å²) in [5, 5.41) is 8.84. The second kappa shape index (κ2) is 8.10. The van der Waals surface area contributed by atoms with Gasteiger partial charge in [-0.2, -0.15) is 0 Å². The van der Waals surface area contributed by atoms with E-state index in [0.29, 0.717) is 19.5 Å². The normalized spacial score (nSPS) is 23.0. The highest BCUT2D eigenvalue weighted by atomic mass is 32.2. The van der Waals surface area contributed by atoms with Crippen LogP contribution in [-0.2, 0) is 14.8 Å². The number of likely N-dealkylation sites (N-methyl/N-ethyl adjacent to an activating group) is 1. The molecule has 1 saturated heterocycles. The third-order valence-corrected chi connectivity index (χ3v) is 6.39. The quantitative estimate of drug-likeness (QED) is 0.763. The second-order valence-electron chi connectivity index (χ2n) is 6.08. The molecular weight excluding hydrogens is 292 g/mol. The van der Waals surface area contributed by atoms with Crippen molar-refractivity contribution in [1.82, 2.24) is 9.21 Å². The highest BCUT2D eigenvalue weighted by molar-refractivity contribution is 7.89. The van der Waals surface area contributed by atoms with Gasteiger partial charge in [0, 0.05) is 19.1 Å². The molecule has 0 aromatic heterocycles. The van der Waals surface area contributed by atoms with Gasteiger partial charge in [0.15, 0.2) is 0 Å². The van der Waals surface area contributed by atoms with Crippen LogP contribution in [0.1, 0.15) is 39.5 Å². The highest BCUT2D eigenvalue weighted by Crippen LogP contribution is 2.19. The summed E-state index contributed by atoms with van der Waals surface area (Å²) >= 11 is 0. The van der Waals surface area contributed by atoms with E-state index in [2.05, 4.69) is 0 Å². The van der Waals surface area contributed by atoms with Crippen LogP contribution in [0, 0.1) is 5.92 Å². The van der Waals surface area contributed by atoms with Crippen molar-refractivity contribution in [3.63, 3.8) is 0 Å². The Morgan fingerprint density at radius 3 is 2.62 bits per heavy atom. The van der Waals surface area contributed by atoms with E-state index in [4.69, 9.17) is 5.11 Å². The zero-order valence-electron chi connectivity index (χ0n) is 13.3. The summed E-state index contributed by atoms with van der Waals surface area (Å²) in [6, 6.07) is 0.143. The summed E-state index contributed by atoms with van der Waals surface area (Å²) in [4.78, 5) is 12.6. The van der Waals surface area contributed by atoms with Crippen LogP contribution in [0.2, 0.25) is 0 Å². The van der Waals surface area contributed by atoms with E-state index in [0.717, 1.165) is 19.3 Å². The van der Waals surface area contributed by atoms with E-state index in [1.807, 2.05) is 18.7 Å². The Bertz CT molecular complexity index is 438. The molecule has 21 heavy (non-hydrogen) atoms. The molecule has 124 valence electrons. The summed E-state index contributed by atoms with van der Waals surface area (Å²) in [5.74, 6) is -0.467. The molecular formula is C14H28N2O4S. The molecule has 0 saturated carbocycles. The lowest BCUT2D eigenvalue weighted by Gasteiger charge is -2.25. The molecule has 0 aliphatic carbocycles. The molecule has 0 bridgehead atoms. The summed E-state index contributed by atoms with van der Waals surface area (Å²) in [6.45, 7) is 5.01. The Hall–Kier alpha value is -0.660. The number of aliphatic carboxylic acids is 1. The summed E-state index contributed by atoms with van der Waals surface area (Å²) in [7, 11) is -1.40. The lowest BCUT2D eigenvalue weighted by Crippen LogP contribution is -2.38. The second-order valence-corrected chi connectivity index (χ2v) is 8.10. The fourth-order valence-corrected chi connectivity index (χ4v) is 4.65. The van der Waals surface area contributed by atoms with Gasteiger partial charge in [0.2, 0.25) is 10.0 Å². The monoisotopic (exact) mass is 320 g/mol. The van der Waals surface area contributed by atoms with Crippen LogP contribution in [0.15, 0.2) is 0 Å². The van der Waals surface area contributed by atoms with Crippen molar-refractivity contribution in [3.05, 3.63) is 0 Å². The van der Waals surface area contributed by atoms with Crippen molar-refractivity contribution in [3.8, 4) is 0 Å². The first-order valence-electron chi connectivity index (χ1n) is 7.66. The van der Waals surface area contributed by atoms with Crippen LogP contribution in [0.25, 0.3) is 0 Å². The zero-order valence-corrected chi connectivity index (χ0v) is 14.1. The van der Waals surface area contributed by atoms with Crippen molar-refractivity contribution in [2.24, 2.45) is 5.92 Å². The molecule has 6 nitrogen and oxygen atoms in total. The van der Waals surface area contributed by atoms with Gasteiger partial charge >= 0.3 is 5.97 Å². The molecule has 1 heterocycles. The summed E-state index contributed by atoms with van der Waals surface area (Å²) < 4.78 is 26.4. The van der Waals surface area contributed by atoms with Gasteiger partial charge in [-0.25, -0.2) is 12.7 Å². The van der Waals surface area contributed by atoms with Crippen molar-refractivity contribution in [2.45, 2.75) is 45.6 Å². The van der Waals surface area contributed by atoms with E-state index >= 15 is 0 Å². The molecule has 1 aliphatic rings. The maximum atomic E-state index is 12.4. The smallest absolute Gasteiger partial charge is 0.317 e. The highest BCUT2D eigenvalue weighted by Gasteiger charge is 2.28. The van der Waals surface area contributed by atoms with Gasteiger partial charge in [0.1, 0.15) is 0 Å². The van der Waals surface area contributed by atoms with E-state index < -0.39 is 16.0 Å². The minimum absolute atomic E-state index is 0.00425. The Labute approximate surface area is 128 Å². The number of rotatable bonds is 7. The minimum atomic E-state index is -3.19. The van der Waals surface area contributed by atoms with Gasteiger partial charge in [0.25, 0.3) is 0 Å². The van der Waals surface area contributed by atoms with Crippen molar-refractivity contribution in [1.29, 1.82) is 0 Å². The number of sulfonamides is 1. The van der Waals surface area contributed by atoms with Crippen molar-refractivity contribution >= 4 is 16.0 Å². The number of carbonyl (C=O) groups is 1. The fourth-order valence-electron chi connectivity index (χ4n) is 2.70. The summed E-state index contributed by atoms with van der Waals surface area (Å²) in [6.07, 6.45) is 3.19. The molecule has 1 aliphatic heterocycles. The van der Waals surface area contributed by atoms with Crippen molar-refractivity contribution < 1.29 is 18.3 Å². The largest absolute Gasteiger partial charge is 0.480 e. The summed E-state index contributed by atoms with van der Waals surface area (Å²) in [5.41, 5.74) is 0. The standard InChI is InChI=1S/C14H28N2O4S/c1-4-12(2)11-21(19,20)16-8-5-6-13(7-9-16)15(3)10-14(17)18/h12-13H,4-11H2,1-3H3,(H,17,18). The number of carboxylic acids is 1. The van der Waals surface area contributed by atoms with Gasteiger partial charge in [-0.15, -0.1) is 0 Å². The molecule has 0 aromatic rings. The Balaban J connectivity index is 2.61. The van der Waals surface area contributed by atoms with Gasteiger partial charge < -0.3 is 5.11 Å². The first-order chi connectivity index (χ1) is 9.76. The van der Waals surface area contributed by atoms with Crippen LogP contribution >= 0.6 is 0 Å². The Morgan fingerprint density at radius 2 is 2.05 bits per heavy atom. The predicted molar refractivity (Wildman–Crippen MR) is 82.7 cm³/mol. The number of carboxylic acid groups (broad SMARTS) is 1. The topological polar surface area (TPSA) is 77.9 Å². The lowest BCUT2D eigenvalue weighted by atomic mass is 10.1. The average molecular weight is 320 g/mol. The van der Waals surface area contributed by atoms with Gasteiger partial charge in [-0.3, -0.25) is 9.69 Å². The molecule has 1 N–H and O–H groups in total. The first-order valence-corrected chi connectivity index (χ1v) is 9.27. The number of nitrogens with zero attached hydrogens (tertiary/aromatic N) is 2. The molecule has 0 spiro atoms. The van der Waals surface area contributed by atoms with Gasteiger partial charge in [0.05, 0.1) is 12.3 Å². The van der Waals surface area contributed by atoms with Crippen molar-refractivity contribution in [2.75, 3.05) is 32.4 Å². The van der Waals surface area contributed by atoms with E-state index in [-0.39, 0.29) is 24.3 Å². The first kappa shape index (κ1) is 18.4. The van der Waals surface area contributed by atoms with E-state index in [9.17, 15) is 13.2 Å². The molecule has 7 heteroatoms. The molecule has 0 amide bonds. The van der Waals surface area contributed by atoms with Crippen LogP contribution < -0.4 is 0 Å². The van der Waals surface area contributed by atoms with Gasteiger partial charge in [-0.05, 0) is 32.2 Å².